The lowest BCUT2D eigenvalue weighted by Gasteiger charge is -2.13. The van der Waals surface area contributed by atoms with Crippen molar-refractivity contribution in [2.24, 2.45) is 0 Å². The van der Waals surface area contributed by atoms with Crippen molar-refractivity contribution in [3.8, 4) is 5.69 Å². The molecule has 0 fully saturated rings. The molecule has 1 aromatic heterocycles. The van der Waals surface area contributed by atoms with Gasteiger partial charge in [-0.2, -0.15) is 0 Å². The number of hydrogen-bond acceptors (Lipinski definition) is 1. The summed E-state index contributed by atoms with van der Waals surface area (Å²) in [6, 6.07) is 10.2. The third kappa shape index (κ3) is 2.56. The normalized spacial score (nSPS) is 12.8. The number of fused-ring (bicyclic) bond motifs is 1. The number of nitrogens with zero attached hydrogens (tertiary/aromatic N) is 2. The molecule has 21 heavy (non-hydrogen) atoms. The molecule has 3 rings (SSSR count). The van der Waals surface area contributed by atoms with Crippen LogP contribution in [0.25, 0.3) is 16.7 Å². The second-order valence-corrected chi connectivity index (χ2v) is 6.60. The zero-order chi connectivity index (χ0) is 15.1. The number of alkyl halides is 1. The SMILES string of the molecule is CC(Cl)c1nc2ccc(Br)cc2n1-c1c(F)cccc1Cl. The van der Waals surface area contributed by atoms with E-state index in [1.54, 1.807) is 23.6 Å². The van der Waals surface area contributed by atoms with Gasteiger partial charge in [0.25, 0.3) is 0 Å². The second kappa shape index (κ2) is 5.59. The van der Waals surface area contributed by atoms with Crippen LogP contribution in [0.3, 0.4) is 0 Å². The van der Waals surface area contributed by atoms with Crippen LogP contribution in [0.5, 0.6) is 0 Å². The minimum absolute atomic E-state index is 0.266. The van der Waals surface area contributed by atoms with E-state index in [1.165, 1.54) is 6.07 Å². The smallest absolute Gasteiger partial charge is 0.148 e. The molecule has 0 saturated carbocycles. The molecule has 0 aliphatic carbocycles. The highest BCUT2D eigenvalue weighted by atomic mass is 79.9. The summed E-state index contributed by atoms with van der Waals surface area (Å²) in [5.74, 6) is 0.136. The van der Waals surface area contributed by atoms with Gasteiger partial charge < -0.3 is 0 Å². The van der Waals surface area contributed by atoms with E-state index in [4.69, 9.17) is 23.2 Å². The number of halogens is 4. The molecular formula is C15H10BrCl2FN2. The molecule has 0 spiro atoms. The van der Waals surface area contributed by atoms with E-state index in [9.17, 15) is 4.39 Å². The zero-order valence-electron chi connectivity index (χ0n) is 10.9. The monoisotopic (exact) mass is 386 g/mol. The van der Waals surface area contributed by atoms with Crippen molar-refractivity contribution in [3.05, 3.63) is 57.5 Å². The van der Waals surface area contributed by atoms with Gasteiger partial charge in [0.2, 0.25) is 0 Å². The summed E-state index contributed by atoms with van der Waals surface area (Å²) in [4.78, 5) is 4.50. The summed E-state index contributed by atoms with van der Waals surface area (Å²) >= 11 is 15.8. The molecule has 0 radical (unpaired) electrons. The number of imidazole rings is 1. The third-order valence-corrected chi connectivity index (χ3v) is 4.15. The minimum Gasteiger partial charge on any atom is -0.291 e. The van der Waals surface area contributed by atoms with Crippen LogP contribution in [-0.2, 0) is 0 Å². The summed E-state index contributed by atoms with van der Waals surface area (Å²) in [6.45, 7) is 1.79. The van der Waals surface area contributed by atoms with Crippen LogP contribution >= 0.6 is 39.1 Å². The summed E-state index contributed by atoms with van der Waals surface area (Å²) in [5, 5.41) is -0.0697. The fourth-order valence-corrected chi connectivity index (χ4v) is 3.01. The summed E-state index contributed by atoms with van der Waals surface area (Å²) in [5.41, 5.74) is 1.75. The molecular weight excluding hydrogens is 378 g/mol. The fourth-order valence-electron chi connectivity index (χ4n) is 2.27. The van der Waals surface area contributed by atoms with Crippen molar-refractivity contribution in [3.63, 3.8) is 0 Å². The van der Waals surface area contributed by atoms with E-state index in [1.807, 2.05) is 18.2 Å². The van der Waals surface area contributed by atoms with Gasteiger partial charge in [-0.05, 0) is 37.3 Å². The Morgan fingerprint density at radius 2 is 2.05 bits per heavy atom. The molecule has 2 nitrogen and oxygen atoms in total. The Hall–Kier alpha value is -1.10. The zero-order valence-corrected chi connectivity index (χ0v) is 14.0. The van der Waals surface area contributed by atoms with Crippen LogP contribution in [0, 0.1) is 5.82 Å². The minimum atomic E-state index is -0.416. The Balaban J connectivity index is 2.44. The maximum absolute atomic E-state index is 14.3. The molecule has 1 unspecified atom stereocenters. The molecule has 2 aromatic carbocycles. The lowest BCUT2D eigenvalue weighted by atomic mass is 10.2. The van der Waals surface area contributed by atoms with Gasteiger partial charge in [0, 0.05) is 4.47 Å². The number of rotatable bonds is 2. The van der Waals surface area contributed by atoms with Gasteiger partial charge in [-0.15, -0.1) is 11.6 Å². The topological polar surface area (TPSA) is 17.8 Å². The molecule has 0 aliphatic rings. The van der Waals surface area contributed by atoms with Gasteiger partial charge in [-0.1, -0.05) is 33.6 Å². The van der Waals surface area contributed by atoms with E-state index >= 15 is 0 Å². The number of benzene rings is 2. The predicted octanol–water partition coefficient (Wildman–Crippen LogP) is 5.88. The first-order valence-corrected chi connectivity index (χ1v) is 7.86. The average Bonchev–Trinajstić information content (AvgIpc) is 2.78. The van der Waals surface area contributed by atoms with Crippen molar-refractivity contribution in [2.45, 2.75) is 12.3 Å². The van der Waals surface area contributed by atoms with Crippen LogP contribution in [0.2, 0.25) is 5.02 Å². The summed E-state index contributed by atoms with van der Waals surface area (Å²) in [6.07, 6.45) is 0. The average molecular weight is 388 g/mol. The first-order chi connectivity index (χ1) is 9.99. The molecule has 3 aromatic rings. The first kappa shape index (κ1) is 14.8. The maximum atomic E-state index is 14.3. The van der Waals surface area contributed by atoms with Crippen molar-refractivity contribution in [1.82, 2.24) is 9.55 Å². The quantitative estimate of drug-likeness (QED) is 0.502. The molecule has 0 amide bonds. The number of hydrogen-bond donors (Lipinski definition) is 0. The van der Waals surface area contributed by atoms with E-state index in [2.05, 4.69) is 20.9 Å². The predicted molar refractivity (Wildman–Crippen MR) is 88.0 cm³/mol. The lowest BCUT2D eigenvalue weighted by molar-refractivity contribution is 0.616. The van der Waals surface area contributed by atoms with Crippen LogP contribution in [0.4, 0.5) is 4.39 Å². The van der Waals surface area contributed by atoms with Gasteiger partial charge in [0.15, 0.2) is 0 Å². The Labute approximate surface area is 139 Å². The van der Waals surface area contributed by atoms with Crippen LogP contribution < -0.4 is 0 Å². The van der Waals surface area contributed by atoms with Crippen molar-refractivity contribution in [2.75, 3.05) is 0 Å². The standard InChI is InChI=1S/C15H10BrCl2FN2/c1-8(17)15-20-12-6-5-9(16)7-13(12)21(15)14-10(18)3-2-4-11(14)19/h2-8H,1H3. The lowest BCUT2D eigenvalue weighted by Crippen LogP contribution is -2.05. The molecule has 0 N–H and O–H groups in total. The Bertz CT molecular complexity index is 810. The Kier molecular flexibility index (Phi) is 3.95. The van der Waals surface area contributed by atoms with Gasteiger partial charge >= 0.3 is 0 Å². The molecule has 0 bridgehead atoms. The molecule has 0 aliphatic heterocycles. The highest BCUT2D eigenvalue weighted by molar-refractivity contribution is 9.10. The van der Waals surface area contributed by atoms with E-state index < -0.39 is 5.82 Å². The van der Waals surface area contributed by atoms with Crippen molar-refractivity contribution >= 4 is 50.2 Å². The largest absolute Gasteiger partial charge is 0.291 e. The number of aromatic nitrogens is 2. The van der Waals surface area contributed by atoms with Gasteiger partial charge in [-0.25, -0.2) is 9.37 Å². The van der Waals surface area contributed by atoms with E-state index in [0.717, 1.165) is 15.5 Å². The van der Waals surface area contributed by atoms with Gasteiger partial charge in [0.1, 0.15) is 17.3 Å². The maximum Gasteiger partial charge on any atom is 0.148 e. The van der Waals surface area contributed by atoms with Crippen LogP contribution in [-0.4, -0.2) is 9.55 Å². The van der Waals surface area contributed by atoms with Gasteiger partial charge in [-0.3, -0.25) is 4.57 Å². The highest BCUT2D eigenvalue weighted by Crippen LogP contribution is 2.33. The Morgan fingerprint density at radius 3 is 2.71 bits per heavy atom. The third-order valence-electron chi connectivity index (χ3n) is 3.16. The molecule has 1 atom stereocenters. The molecule has 0 saturated heterocycles. The van der Waals surface area contributed by atoms with Crippen molar-refractivity contribution < 1.29 is 4.39 Å². The molecule has 6 heteroatoms. The van der Waals surface area contributed by atoms with Crippen LogP contribution in [0.1, 0.15) is 18.1 Å². The number of para-hydroxylation sites is 1. The Morgan fingerprint density at radius 1 is 1.29 bits per heavy atom. The summed E-state index contributed by atoms with van der Waals surface area (Å²) in [7, 11) is 0. The van der Waals surface area contributed by atoms with Crippen LogP contribution in [0.15, 0.2) is 40.9 Å². The van der Waals surface area contributed by atoms with E-state index in [-0.39, 0.29) is 11.1 Å². The second-order valence-electron chi connectivity index (χ2n) is 4.62. The highest BCUT2D eigenvalue weighted by Gasteiger charge is 2.20. The summed E-state index contributed by atoms with van der Waals surface area (Å²) < 4.78 is 16.8. The molecule has 108 valence electrons. The molecule has 1 heterocycles. The van der Waals surface area contributed by atoms with E-state index in [0.29, 0.717) is 10.8 Å². The fraction of sp³-hybridized carbons (Fsp3) is 0.133. The first-order valence-electron chi connectivity index (χ1n) is 6.25. The van der Waals surface area contributed by atoms with Gasteiger partial charge in [0.05, 0.1) is 21.4 Å². The van der Waals surface area contributed by atoms with Crippen molar-refractivity contribution in [1.29, 1.82) is 0 Å².